The van der Waals surface area contributed by atoms with E-state index in [1.165, 1.54) is 11.3 Å². The topological polar surface area (TPSA) is 33.7 Å². The Morgan fingerprint density at radius 2 is 2.00 bits per heavy atom. The number of anilines is 1. The van der Waals surface area contributed by atoms with E-state index in [4.69, 9.17) is 9.47 Å². The van der Waals surface area contributed by atoms with Gasteiger partial charge < -0.3 is 19.7 Å². The maximum atomic E-state index is 5.38. The molecule has 0 aromatic heterocycles. The summed E-state index contributed by atoms with van der Waals surface area (Å²) < 4.78 is 10.8. The van der Waals surface area contributed by atoms with Crippen molar-refractivity contribution in [2.24, 2.45) is 0 Å². The molecule has 4 heteroatoms. The van der Waals surface area contributed by atoms with Crippen LogP contribution < -0.4 is 10.2 Å². The van der Waals surface area contributed by atoms with E-state index in [9.17, 15) is 0 Å². The van der Waals surface area contributed by atoms with Gasteiger partial charge in [0, 0.05) is 26.5 Å². The second-order valence-electron chi connectivity index (χ2n) is 4.38. The number of ether oxygens (including phenoxy) is 2. The van der Waals surface area contributed by atoms with Crippen molar-refractivity contribution in [3.05, 3.63) is 29.8 Å². The van der Waals surface area contributed by atoms with Gasteiger partial charge in [-0.05, 0) is 24.7 Å². The van der Waals surface area contributed by atoms with Gasteiger partial charge in [0.1, 0.15) is 0 Å². The zero-order valence-electron chi connectivity index (χ0n) is 10.7. The Balaban J connectivity index is 2.03. The van der Waals surface area contributed by atoms with Crippen LogP contribution in [0.5, 0.6) is 0 Å². The van der Waals surface area contributed by atoms with E-state index in [0.717, 1.165) is 19.6 Å². The highest BCUT2D eigenvalue weighted by atomic mass is 16.7. The van der Waals surface area contributed by atoms with Crippen molar-refractivity contribution < 1.29 is 9.47 Å². The zero-order chi connectivity index (χ0) is 12.3. The van der Waals surface area contributed by atoms with E-state index in [-0.39, 0.29) is 0 Å². The van der Waals surface area contributed by atoms with Crippen LogP contribution in [0.25, 0.3) is 0 Å². The molecule has 0 unspecified atom stereocenters. The van der Waals surface area contributed by atoms with Crippen LogP contribution in [-0.2, 0) is 16.0 Å². The Bertz CT molecular complexity index is 369. The summed E-state index contributed by atoms with van der Waals surface area (Å²) in [5, 5.41) is 3.16. The van der Waals surface area contributed by atoms with E-state index < -0.39 is 5.79 Å². The van der Waals surface area contributed by atoms with Crippen LogP contribution in [0.2, 0.25) is 0 Å². The van der Waals surface area contributed by atoms with Crippen LogP contribution in [0.15, 0.2) is 24.3 Å². The second-order valence-corrected chi connectivity index (χ2v) is 4.38. The van der Waals surface area contributed by atoms with Crippen LogP contribution >= 0.6 is 0 Å². The molecule has 17 heavy (non-hydrogen) atoms. The predicted octanol–water partition coefficient (Wildman–Crippen LogP) is 1.22. The first-order valence-corrected chi connectivity index (χ1v) is 5.82. The lowest BCUT2D eigenvalue weighted by Crippen LogP contribution is -2.64. The van der Waals surface area contributed by atoms with Crippen LogP contribution in [-0.4, -0.2) is 40.1 Å². The summed E-state index contributed by atoms with van der Waals surface area (Å²) in [5.74, 6) is -0.418. The van der Waals surface area contributed by atoms with Crippen molar-refractivity contribution in [1.82, 2.24) is 5.32 Å². The molecule has 1 aliphatic rings. The molecule has 1 aromatic carbocycles. The Kier molecular flexibility index (Phi) is 3.66. The first-order chi connectivity index (χ1) is 8.23. The van der Waals surface area contributed by atoms with Gasteiger partial charge in [0.05, 0.1) is 13.1 Å². The Morgan fingerprint density at radius 3 is 2.59 bits per heavy atom. The average Bonchev–Trinajstić information content (AvgIpc) is 2.30. The number of hydrogen-bond donors (Lipinski definition) is 1. The lowest BCUT2D eigenvalue weighted by molar-refractivity contribution is -0.219. The fourth-order valence-electron chi connectivity index (χ4n) is 2.13. The molecule has 4 nitrogen and oxygen atoms in total. The van der Waals surface area contributed by atoms with Gasteiger partial charge in [-0.1, -0.05) is 12.1 Å². The van der Waals surface area contributed by atoms with Crippen LogP contribution in [0, 0.1) is 0 Å². The summed E-state index contributed by atoms with van der Waals surface area (Å²) in [7, 11) is 5.34. The van der Waals surface area contributed by atoms with Gasteiger partial charge in [-0.15, -0.1) is 0 Å². The number of methoxy groups -OCH3 is 2. The summed E-state index contributed by atoms with van der Waals surface area (Å²) in [6.45, 7) is 2.45. The zero-order valence-corrected chi connectivity index (χ0v) is 10.7. The summed E-state index contributed by atoms with van der Waals surface area (Å²) >= 11 is 0. The predicted molar refractivity (Wildman–Crippen MR) is 68.2 cm³/mol. The lowest BCUT2D eigenvalue weighted by Gasteiger charge is -2.48. The summed E-state index contributed by atoms with van der Waals surface area (Å²) in [6, 6.07) is 8.53. The fraction of sp³-hybridized carbons (Fsp3) is 0.538. The molecule has 0 saturated carbocycles. The SMILES string of the molecule is CNCc1cccc(N2CC(OC)(OC)C2)c1. The average molecular weight is 236 g/mol. The van der Waals surface area contributed by atoms with Gasteiger partial charge in [-0.2, -0.15) is 0 Å². The molecular formula is C13H20N2O2. The second kappa shape index (κ2) is 5.04. The molecular weight excluding hydrogens is 216 g/mol. The van der Waals surface area contributed by atoms with Crippen molar-refractivity contribution >= 4 is 5.69 Å². The molecule has 2 rings (SSSR count). The highest BCUT2D eigenvalue weighted by Crippen LogP contribution is 2.30. The van der Waals surface area contributed by atoms with Gasteiger partial charge in [0.15, 0.2) is 0 Å². The van der Waals surface area contributed by atoms with Crippen molar-refractivity contribution in [2.45, 2.75) is 12.3 Å². The maximum Gasteiger partial charge on any atom is 0.203 e. The first kappa shape index (κ1) is 12.4. The van der Waals surface area contributed by atoms with E-state index in [1.54, 1.807) is 14.2 Å². The minimum Gasteiger partial charge on any atom is -0.361 e. The van der Waals surface area contributed by atoms with Gasteiger partial charge in [0.2, 0.25) is 5.79 Å². The summed E-state index contributed by atoms with van der Waals surface area (Å²) in [6.07, 6.45) is 0. The van der Waals surface area contributed by atoms with Crippen molar-refractivity contribution in [3.8, 4) is 0 Å². The minimum absolute atomic E-state index is 0.418. The van der Waals surface area contributed by atoms with Gasteiger partial charge in [0.25, 0.3) is 0 Å². The van der Waals surface area contributed by atoms with E-state index in [0.29, 0.717) is 0 Å². The van der Waals surface area contributed by atoms with Crippen molar-refractivity contribution in [1.29, 1.82) is 0 Å². The van der Waals surface area contributed by atoms with Gasteiger partial charge in [-0.25, -0.2) is 0 Å². The summed E-state index contributed by atoms with van der Waals surface area (Å²) in [5.41, 5.74) is 2.51. The standard InChI is InChI=1S/C13H20N2O2/c1-14-8-11-5-4-6-12(7-11)15-9-13(10-15,16-2)17-3/h4-7,14H,8-10H2,1-3H3. The molecule has 1 aliphatic heterocycles. The molecule has 0 bridgehead atoms. The minimum atomic E-state index is -0.418. The van der Waals surface area contributed by atoms with Crippen molar-refractivity contribution in [3.63, 3.8) is 0 Å². The Labute approximate surface area is 103 Å². The van der Waals surface area contributed by atoms with Crippen LogP contribution in [0.3, 0.4) is 0 Å². The molecule has 0 atom stereocenters. The van der Waals surface area contributed by atoms with Crippen LogP contribution in [0.1, 0.15) is 5.56 Å². The molecule has 0 amide bonds. The molecule has 1 heterocycles. The number of hydrogen-bond acceptors (Lipinski definition) is 4. The van der Waals surface area contributed by atoms with E-state index in [1.807, 2.05) is 7.05 Å². The number of nitrogens with one attached hydrogen (secondary N) is 1. The van der Waals surface area contributed by atoms with Gasteiger partial charge in [-0.3, -0.25) is 0 Å². The monoisotopic (exact) mass is 236 g/mol. The molecule has 0 spiro atoms. The van der Waals surface area contributed by atoms with E-state index in [2.05, 4.69) is 34.5 Å². The summed E-state index contributed by atoms with van der Waals surface area (Å²) in [4.78, 5) is 2.26. The number of nitrogens with zero attached hydrogens (tertiary/aromatic N) is 1. The Morgan fingerprint density at radius 1 is 1.29 bits per heavy atom. The molecule has 94 valence electrons. The molecule has 0 aliphatic carbocycles. The maximum absolute atomic E-state index is 5.38. The molecule has 0 radical (unpaired) electrons. The third kappa shape index (κ3) is 2.44. The third-order valence-corrected chi connectivity index (χ3v) is 3.26. The largest absolute Gasteiger partial charge is 0.361 e. The normalized spacial score (nSPS) is 17.9. The number of rotatable bonds is 5. The smallest absolute Gasteiger partial charge is 0.203 e. The molecule has 1 aromatic rings. The Hall–Kier alpha value is -1.10. The molecule has 1 saturated heterocycles. The quantitative estimate of drug-likeness (QED) is 0.779. The van der Waals surface area contributed by atoms with Crippen LogP contribution in [0.4, 0.5) is 5.69 Å². The lowest BCUT2D eigenvalue weighted by atomic mass is 10.1. The number of benzene rings is 1. The highest BCUT2D eigenvalue weighted by Gasteiger charge is 2.43. The highest BCUT2D eigenvalue weighted by molar-refractivity contribution is 5.51. The first-order valence-electron chi connectivity index (χ1n) is 5.82. The molecule has 1 fully saturated rings. The fourth-order valence-corrected chi connectivity index (χ4v) is 2.13. The van der Waals surface area contributed by atoms with E-state index >= 15 is 0 Å². The third-order valence-electron chi connectivity index (χ3n) is 3.26. The van der Waals surface area contributed by atoms with Crippen molar-refractivity contribution in [2.75, 3.05) is 39.3 Å². The molecule has 1 N–H and O–H groups in total. The van der Waals surface area contributed by atoms with Gasteiger partial charge >= 0.3 is 0 Å².